The Hall–Kier alpha value is -3.02. The zero-order chi connectivity index (χ0) is 18.5. The van der Waals surface area contributed by atoms with Crippen LogP contribution < -0.4 is 14.8 Å². The van der Waals surface area contributed by atoms with Gasteiger partial charge < -0.3 is 19.7 Å². The molecule has 1 aliphatic heterocycles. The van der Waals surface area contributed by atoms with Crippen molar-refractivity contribution in [1.82, 2.24) is 4.90 Å². The van der Waals surface area contributed by atoms with Crippen LogP contribution in [0.5, 0.6) is 11.5 Å². The fourth-order valence-corrected chi connectivity index (χ4v) is 2.82. The van der Waals surface area contributed by atoms with Gasteiger partial charge in [0.05, 0.1) is 6.54 Å². The lowest BCUT2D eigenvalue weighted by Crippen LogP contribution is -2.47. The SMILES string of the molecule is CCc1ccccc1NC(=O)CN(C)C(=O)C1COc2ccccc2O1. The molecule has 0 bridgehead atoms. The Morgan fingerprint density at radius 1 is 1.12 bits per heavy atom. The second kappa shape index (κ2) is 7.91. The van der Waals surface area contributed by atoms with E-state index in [1.54, 1.807) is 19.2 Å². The minimum Gasteiger partial charge on any atom is -0.485 e. The molecule has 26 heavy (non-hydrogen) atoms. The number of ether oxygens (including phenoxy) is 2. The third-order valence-electron chi connectivity index (χ3n) is 4.21. The van der Waals surface area contributed by atoms with Crippen LogP contribution in [0, 0.1) is 0 Å². The molecule has 1 aliphatic rings. The molecular weight excluding hydrogens is 332 g/mol. The Labute approximate surface area is 152 Å². The van der Waals surface area contributed by atoms with Gasteiger partial charge in [-0.15, -0.1) is 0 Å². The molecule has 0 saturated heterocycles. The topological polar surface area (TPSA) is 67.9 Å². The summed E-state index contributed by atoms with van der Waals surface area (Å²) in [4.78, 5) is 26.2. The molecule has 3 rings (SSSR count). The van der Waals surface area contributed by atoms with E-state index < -0.39 is 6.10 Å². The zero-order valence-corrected chi connectivity index (χ0v) is 14.9. The van der Waals surface area contributed by atoms with E-state index in [0.29, 0.717) is 11.5 Å². The highest BCUT2D eigenvalue weighted by molar-refractivity contribution is 5.95. The molecule has 6 heteroatoms. The highest BCUT2D eigenvalue weighted by Crippen LogP contribution is 2.31. The average Bonchev–Trinajstić information content (AvgIpc) is 2.67. The lowest BCUT2D eigenvalue weighted by Gasteiger charge is -2.28. The van der Waals surface area contributed by atoms with Gasteiger partial charge in [0.15, 0.2) is 11.5 Å². The van der Waals surface area contributed by atoms with Crippen molar-refractivity contribution in [2.75, 3.05) is 25.5 Å². The first-order valence-electron chi connectivity index (χ1n) is 8.59. The Kier molecular flexibility index (Phi) is 5.41. The summed E-state index contributed by atoms with van der Waals surface area (Å²) in [6.45, 7) is 2.09. The minimum atomic E-state index is -0.759. The maximum Gasteiger partial charge on any atom is 0.267 e. The Bertz CT molecular complexity index is 806. The molecule has 1 N–H and O–H groups in total. The lowest BCUT2D eigenvalue weighted by atomic mass is 10.1. The number of carbonyl (C=O) groups excluding carboxylic acids is 2. The van der Waals surface area contributed by atoms with Crippen molar-refractivity contribution >= 4 is 17.5 Å². The summed E-state index contributed by atoms with van der Waals surface area (Å²) in [7, 11) is 1.58. The molecule has 2 amide bonds. The van der Waals surface area contributed by atoms with Crippen LogP contribution in [-0.4, -0.2) is 43.0 Å². The second-order valence-electron chi connectivity index (χ2n) is 6.12. The van der Waals surface area contributed by atoms with Crippen molar-refractivity contribution in [2.24, 2.45) is 0 Å². The van der Waals surface area contributed by atoms with E-state index in [2.05, 4.69) is 5.32 Å². The first-order valence-corrected chi connectivity index (χ1v) is 8.59. The van der Waals surface area contributed by atoms with Crippen LogP contribution in [0.1, 0.15) is 12.5 Å². The smallest absolute Gasteiger partial charge is 0.267 e. The minimum absolute atomic E-state index is 0.0572. The molecule has 1 atom stereocenters. The molecule has 136 valence electrons. The van der Waals surface area contributed by atoms with Crippen LogP contribution in [0.25, 0.3) is 0 Å². The van der Waals surface area contributed by atoms with Gasteiger partial charge >= 0.3 is 0 Å². The molecule has 1 heterocycles. The second-order valence-corrected chi connectivity index (χ2v) is 6.12. The maximum atomic E-state index is 12.6. The zero-order valence-electron chi connectivity index (χ0n) is 14.9. The van der Waals surface area contributed by atoms with Gasteiger partial charge in [0.25, 0.3) is 5.91 Å². The monoisotopic (exact) mass is 354 g/mol. The third kappa shape index (κ3) is 3.96. The number of aryl methyl sites for hydroxylation is 1. The number of anilines is 1. The molecule has 2 aromatic carbocycles. The number of amides is 2. The molecule has 2 aromatic rings. The number of rotatable bonds is 5. The number of likely N-dealkylation sites (N-methyl/N-ethyl adjacent to an activating group) is 1. The number of para-hydroxylation sites is 3. The standard InChI is InChI=1S/C20H22N2O4/c1-3-14-8-4-5-9-15(14)21-19(23)12-22(2)20(24)18-13-25-16-10-6-7-11-17(16)26-18/h4-11,18H,3,12-13H2,1-2H3,(H,21,23). The molecule has 0 aliphatic carbocycles. The van der Waals surface area contributed by atoms with Gasteiger partial charge in [-0.2, -0.15) is 0 Å². The van der Waals surface area contributed by atoms with Gasteiger partial charge in [0.2, 0.25) is 12.0 Å². The molecule has 1 unspecified atom stereocenters. The predicted octanol–water partition coefficient (Wildman–Crippen LogP) is 2.49. The quantitative estimate of drug-likeness (QED) is 0.896. The summed E-state index contributed by atoms with van der Waals surface area (Å²) < 4.78 is 11.3. The normalized spacial score (nSPS) is 15.2. The highest BCUT2D eigenvalue weighted by atomic mass is 16.6. The van der Waals surface area contributed by atoms with E-state index >= 15 is 0 Å². The third-order valence-corrected chi connectivity index (χ3v) is 4.21. The van der Waals surface area contributed by atoms with Crippen molar-refractivity contribution in [3.05, 3.63) is 54.1 Å². The van der Waals surface area contributed by atoms with Gasteiger partial charge in [-0.1, -0.05) is 37.3 Å². The molecule has 0 saturated carbocycles. The summed E-state index contributed by atoms with van der Waals surface area (Å²) in [5.74, 6) is 0.609. The summed E-state index contributed by atoms with van der Waals surface area (Å²) in [6.07, 6.45) is 0.0587. The molecule has 0 spiro atoms. The first kappa shape index (κ1) is 17.8. The summed E-state index contributed by atoms with van der Waals surface area (Å²) >= 11 is 0. The highest BCUT2D eigenvalue weighted by Gasteiger charge is 2.30. The van der Waals surface area contributed by atoms with Crippen LogP contribution in [0.4, 0.5) is 5.69 Å². The van der Waals surface area contributed by atoms with Crippen LogP contribution in [0.2, 0.25) is 0 Å². The predicted molar refractivity (Wildman–Crippen MR) is 98.4 cm³/mol. The Morgan fingerprint density at radius 2 is 1.81 bits per heavy atom. The van der Waals surface area contributed by atoms with Crippen LogP contribution >= 0.6 is 0 Å². The molecule has 6 nitrogen and oxygen atoms in total. The van der Waals surface area contributed by atoms with Gasteiger partial charge in [-0.05, 0) is 30.2 Å². The maximum absolute atomic E-state index is 12.6. The van der Waals surface area contributed by atoms with Crippen LogP contribution in [-0.2, 0) is 16.0 Å². The van der Waals surface area contributed by atoms with E-state index in [4.69, 9.17) is 9.47 Å². The molecular formula is C20H22N2O4. The van der Waals surface area contributed by atoms with Crippen molar-refractivity contribution in [3.63, 3.8) is 0 Å². The summed E-state index contributed by atoms with van der Waals surface area (Å²) in [5.41, 5.74) is 1.82. The van der Waals surface area contributed by atoms with Crippen molar-refractivity contribution in [3.8, 4) is 11.5 Å². The van der Waals surface area contributed by atoms with E-state index in [0.717, 1.165) is 17.7 Å². The fourth-order valence-electron chi connectivity index (χ4n) is 2.82. The molecule has 0 fully saturated rings. The number of carbonyl (C=O) groups is 2. The summed E-state index contributed by atoms with van der Waals surface area (Å²) in [6, 6.07) is 14.8. The van der Waals surface area contributed by atoms with Gasteiger partial charge in [-0.25, -0.2) is 0 Å². The van der Waals surface area contributed by atoms with E-state index in [-0.39, 0.29) is 25.0 Å². The first-order chi connectivity index (χ1) is 12.6. The van der Waals surface area contributed by atoms with Gasteiger partial charge in [-0.3, -0.25) is 9.59 Å². The molecule has 0 aromatic heterocycles. The number of nitrogens with one attached hydrogen (secondary N) is 1. The van der Waals surface area contributed by atoms with Crippen molar-refractivity contribution in [1.29, 1.82) is 0 Å². The Balaban J connectivity index is 1.58. The molecule has 0 radical (unpaired) electrons. The summed E-state index contributed by atoms with van der Waals surface area (Å²) in [5, 5.41) is 2.86. The Morgan fingerprint density at radius 3 is 2.58 bits per heavy atom. The van der Waals surface area contributed by atoms with Crippen molar-refractivity contribution in [2.45, 2.75) is 19.4 Å². The number of hydrogen-bond donors (Lipinski definition) is 1. The number of nitrogens with zero attached hydrogens (tertiary/aromatic N) is 1. The van der Waals surface area contributed by atoms with E-state index in [1.807, 2.05) is 43.3 Å². The number of fused-ring (bicyclic) bond motifs is 1. The van der Waals surface area contributed by atoms with Gasteiger partial charge in [0, 0.05) is 12.7 Å². The average molecular weight is 354 g/mol. The largest absolute Gasteiger partial charge is 0.485 e. The van der Waals surface area contributed by atoms with Crippen LogP contribution in [0.15, 0.2) is 48.5 Å². The van der Waals surface area contributed by atoms with Gasteiger partial charge in [0.1, 0.15) is 6.61 Å². The fraction of sp³-hybridized carbons (Fsp3) is 0.300. The van der Waals surface area contributed by atoms with Crippen molar-refractivity contribution < 1.29 is 19.1 Å². The lowest BCUT2D eigenvalue weighted by molar-refractivity contribution is -0.141. The number of benzene rings is 2. The van der Waals surface area contributed by atoms with E-state index in [9.17, 15) is 9.59 Å². The number of hydrogen-bond acceptors (Lipinski definition) is 4. The van der Waals surface area contributed by atoms with Crippen LogP contribution in [0.3, 0.4) is 0 Å². The van der Waals surface area contributed by atoms with E-state index in [1.165, 1.54) is 4.90 Å².